The molecular formula is C12H21NO. The number of hydrogen-bond donors (Lipinski definition) is 2. The second-order valence-electron chi connectivity index (χ2n) is 5.91. The highest BCUT2D eigenvalue weighted by Gasteiger charge is 2.50. The molecule has 4 rings (SSSR count). The van der Waals surface area contributed by atoms with E-state index < -0.39 is 0 Å². The topological polar surface area (TPSA) is 32.3 Å². The minimum atomic E-state index is 0.000486. The highest BCUT2D eigenvalue weighted by atomic mass is 16.3. The number of aliphatic hydroxyl groups excluding tert-OH is 1. The van der Waals surface area contributed by atoms with Gasteiger partial charge in [-0.1, -0.05) is 0 Å². The average Bonchev–Trinajstić information content (AvgIpc) is 2.30. The van der Waals surface area contributed by atoms with Crippen LogP contribution in [0.15, 0.2) is 0 Å². The van der Waals surface area contributed by atoms with E-state index >= 15 is 0 Å². The Balaban J connectivity index is 1.94. The second-order valence-corrected chi connectivity index (χ2v) is 5.91. The normalized spacial score (nSPS) is 56.1. The minimum absolute atomic E-state index is 0.000486. The van der Waals surface area contributed by atoms with Crippen LogP contribution >= 0.6 is 0 Å². The Hall–Kier alpha value is -0.0800. The summed E-state index contributed by atoms with van der Waals surface area (Å²) in [6.45, 7) is 0. The monoisotopic (exact) mass is 195 g/mol. The first-order valence-corrected chi connectivity index (χ1v) is 6.08. The molecular weight excluding hydrogens is 174 g/mol. The molecule has 0 amide bonds. The molecule has 5 unspecified atom stereocenters. The largest absolute Gasteiger partial charge is 0.393 e. The Kier molecular flexibility index (Phi) is 1.94. The fourth-order valence-corrected chi connectivity index (χ4v) is 4.50. The van der Waals surface area contributed by atoms with E-state index in [0.717, 1.165) is 18.3 Å². The third kappa shape index (κ3) is 1.24. The molecule has 14 heavy (non-hydrogen) atoms. The standard InChI is InChI=1S/C12H21NO/c1-13-12-5-8-2-9(6-12)4-11(14)10(3-8)7-12/h8-11,13-14H,2-7H2,1H3. The second kappa shape index (κ2) is 2.96. The van der Waals surface area contributed by atoms with Crippen LogP contribution in [-0.2, 0) is 0 Å². The van der Waals surface area contributed by atoms with Gasteiger partial charge in [0.25, 0.3) is 0 Å². The molecule has 4 bridgehead atoms. The van der Waals surface area contributed by atoms with E-state index in [1.165, 1.54) is 32.1 Å². The number of fused-ring (bicyclic) bond motifs is 1. The summed E-state index contributed by atoms with van der Waals surface area (Å²) >= 11 is 0. The molecule has 4 aliphatic carbocycles. The lowest BCUT2D eigenvalue weighted by molar-refractivity contribution is 0.0450. The molecule has 80 valence electrons. The molecule has 5 atom stereocenters. The summed E-state index contributed by atoms with van der Waals surface area (Å²) in [6.07, 6.45) is 7.65. The first-order chi connectivity index (χ1) is 6.71. The van der Waals surface area contributed by atoms with Crippen molar-refractivity contribution in [3.63, 3.8) is 0 Å². The lowest BCUT2D eigenvalue weighted by Crippen LogP contribution is -2.52. The van der Waals surface area contributed by atoms with E-state index in [4.69, 9.17) is 0 Å². The van der Waals surface area contributed by atoms with E-state index in [9.17, 15) is 5.11 Å². The Morgan fingerprint density at radius 2 is 1.79 bits per heavy atom. The van der Waals surface area contributed by atoms with Crippen molar-refractivity contribution in [3.05, 3.63) is 0 Å². The summed E-state index contributed by atoms with van der Waals surface area (Å²) in [7, 11) is 2.11. The summed E-state index contributed by atoms with van der Waals surface area (Å²) in [5.41, 5.74) is 0.397. The van der Waals surface area contributed by atoms with Crippen molar-refractivity contribution in [1.82, 2.24) is 5.32 Å². The molecule has 0 aromatic rings. The van der Waals surface area contributed by atoms with Crippen LogP contribution in [0.2, 0.25) is 0 Å². The van der Waals surface area contributed by atoms with Crippen LogP contribution in [0.4, 0.5) is 0 Å². The fourth-order valence-electron chi connectivity index (χ4n) is 4.50. The molecule has 4 fully saturated rings. The van der Waals surface area contributed by atoms with Crippen molar-refractivity contribution in [2.45, 2.75) is 50.2 Å². The molecule has 4 aliphatic rings. The van der Waals surface area contributed by atoms with Gasteiger partial charge in [-0.15, -0.1) is 0 Å². The van der Waals surface area contributed by atoms with E-state index in [0.29, 0.717) is 11.5 Å². The Morgan fingerprint density at radius 3 is 2.50 bits per heavy atom. The zero-order valence-electron chi connectivity index (χ0n) is 9.00. The first kappa shape index (κ1) is 9.17. The fraction of sp³-hybridized carbons (Fsp3) is 1.00. The molecule has 0 spiro atoms. The van der Waals surface area contributed by atoms with Gasteiger partial charge in [-0.05, 0) is 63.3 Å². The molecule has 0 aliphatic heterocycles. The van der Waals surface area contributed by atoms with Gasteiger partial charge in [-0.25, -0.2) is 0 Å². The lowest BCUT2D eigenvalue weighted by atomic mass is 9.63. The van der Waals surface area contributed by atoms with E-state index in [1.54, 1.807) is 0 Å². The number of hydrogen-bond acceptors (Lipinski definition) is 2. The zero-order valence-corrected chi connectivity index (χ0v) is 9.00. The highest BCUT2D eigenvalue weighted by Crippen LogP contribution is 2.53. The predicted molar refractivity (Wildman–Crippen MR) is 56.0 cm³/mol. The zero-order chi connectivity index (χ0) is 9.76. The van der Waals surface area contributed by atoms with Crippen LogP contribution in [0.1, 0.15) is 38.5 Å². The van der Waals surface area contributed by atoms with Crippen LogP contribution < -0.4 is 5.32 Å². The van der Waals surface area contributed by atoms with Gasteiger partial charge in [0.1, 0.15) is 0 Å². The molecule has 2 heteroatoms. The Morgan fingerprint density at radius 1 is 1.07 bits per heavy atom. The van der Waals surface area contributed by atoms with Crippen LogP contribution in [0.3, 0.4) is 0 Å². The van der Waals surface area contributed by atoms with Crippen LogP contribution in [0.25, 0.3) is 0 Å². The van der Waals surface area contributed by atoms with Gasteiger partial charge in [-0.2, -0.15) is 0 Å². The van der Waals surface area contributed by atoms with Crippen molar-refractivity contribution in [3.8, 4) is 0 Å². The SMILES string of the molecule is CNC12CC3CC(CC(C1)C(O)C3)C2. The van der Waals surface area contributed by atoms with Gasteiger partial charge in [-0.3, -0.25) is 0 Å². The van der Waals surface area contributed by atoms with Gasteiger partial charge >= 0.3 is 0 Å². The van der Waals surface area contributed by atoms with Crippen molar-refractivity contribution < 1.29 is 5.11 Å². The molecule has 0 radical (unpaired) electrons. The first-order valence-electron chi connectivity index (χ1n) is 6.08. The molecule has 2 N–H and O–H groups in total. The van der Waals surface area contributed by atoms with Gasteiger partial charge in [0.05, 0.1) is 6.10 Å². The van der Waals surface area contributed by atoms with Crippen molar-refractivity contribution in [2.24, 2.45) is 17.8 Å². The van der Waals surface area contributed by atoms with Crippen molar-refractivity contribution >= 4 is 0 Å². The van der Waals surface area contributed by atoms with Gasteiger partial charge in [0.15, 0.2) is 0 Å². The van der Waals surface area contributed by atoms with Gasteiger partial charge < -0.3 is 10.4 Å². The van der Waals surface area contributed by atoms with Crippen LogP contribution in [0, 0.1) is 17.8 Å². The maximum Gasteiger partial charge on any atom is 0.0571 e. The summed E-state index contributed by atoms with van der Waals surface area (Å²) < 4.78 is 0. The summed E-state index contributed by atoms with van der Waals surface area (Å²) in [5, 5.41) is 13.6. The van der Waals surface area contributed by atoms with Crippen LogP contribution in [-0.4, -0.2) is 23.8 Å². The summed E-state index contributed by atoms with van der Waals surface area (Å²) in [5.74, 6) is 2.29. The third-order valence-corrected chi connectivity index (χ3v) is 4.96. The summed E-state index contributed by atoms with van der Waals surface area (Å²) in [6, 6.07) is 0. The third-order valence-electron chi connectivity index (χ3n) is 4.96. The smallest absolute Gasteiger partial charge is 0.0571 e. The molecule has 0 heterocycles. The summed E-state index contributed by atoms with van der Waals surface area (Å²) in [4.78, 5) is 0. The van der Waals surface area contributed by atoms with Gasteiger partial charge in [0, 0.05) is 5.54 Å². The Labute approximate surface area is 86.1 Å². The maximum atomic E-state index is 10.1. The van der Waals surface area contributed by atoms with Crippen molar-refractivity contribution in [2.75, 3.05) is 7.05 Å². The Bertz CT molecular complexity index is 242. The molecule has 0 aromatic heterocycles. The minimum Gasteiger partial charge on any atom is -0.393 e. The molecule has 2 nitrogen and oxygen atoms in total. The lowest BCUT2D eigenvalue weighted by Gasteiger charge is -2.48. The quantitative estimate of drug-likeness (QED) is 0.665. The van der Waals surface area contributed by atoms with E-state index in [2.05, 4.69) is 12.4 Å². The molecule has 0 aromatic carbocycles. The van der Waals surface area contributed by atoms with Crippen LogP contribution in [0.5, 0.6) is 0 Å². The maximum absolute atomic E-state index is 10.1. The number of nitrogens with one attached hydrogen (secondary N) is 1. The van der Waals surface area contributed by atoms with E-state index in [-0.39, 0.29) is 6.10 Å². The predicted octanol–water partition coefficient (Wildman–Crippen LogP) is 1.54. The number of rotatable bonds is 1. The van der Waals surface area contributed by atoms with E-state index in [1.807, 2.05) is 0 Å². The van der Waals surface area contributed by atoms with Crippen molar-refractivity contribution in [1.29, 1.82) is 0 Å². The molecule has 0 saturated heterocycles. The highest BCUT2D eigenvalue weighted by molar-refractivity contribution is 5.05. The number of aliphatic hydroxyl groups is 1. The average molecular weight is 195 g/mol. The van der Waals surface area contributed by atoms with Gasteiger partial charge in [0.2, 0.25) is 0 Å². The molecule has 4 saturated carbocycles.